The number of thiophene rings is 1. The number of rotatable bonds is 5. The number of fused-ring (bicyclic) bond motifs is 1. The van der Waals surface area contributed by atoms with Crippen molar-refractivity contribution in [3.8, 4) is 6.07 Å². The summed E-state index contributed by atoms with van der Waals surface area (Å²) < 4.78 is 1.20. The molecule has 22 heavy (non-hydrogen) atoms. The molecule has 0 atom stereocenters. The van der Waals surface area contributed by atoms with Gasteiger partial charge in [0.05, 0.1) is 21.6 Å². The summed E-state index contributed by atoms with van der Waals surface area (Å²) in [6, 6.07) is 6.16. The van der Waals surface area contributed by atoms with Crippen molar-refractivity contribution in [1.82, 2.24) is 15.2 Å². The van der Waals surface area contributed by atoms with Crippen LogP contribution < -0.4 is 10.6 Å². The fraction of sp³-hybridized carbons (Fsp3) is 0.267. The van der Waals surface area contributed by atoms with Crippen LogP contribution in [0.1, 0.15) is 17.7 Å². The smallest absolute Gasteiger partial charge is 0.163 e. The molecule has 0 amide bonds. The summed E-state index contributed by atoms with van der Waals surface area (Å²) in [7, 11) is 2.07. The Morgan fingerprint density at radius 1 is 1.45 bits per heavy atom. The zero-order valence-corrected chi connectivity index (χ0v) is 13.0. The number of aromatic nitrogens is 3. The first-order valence-electron chi connectivity index (χ1n) is 6.97. The molecule has 3 aromatic rings. The molecule has 0 bridgehead atoms. The van der Waals surface area contributed by atoms with E-state index in [2.05, 4.69) is 38.6 Å². The molecule has 3 N–H and O–H groups in total. The highest BCUT2D eigenvalue weighted by molar-refractivity contribution is 7.17. The maximum atomic E-state index is 9.06. The van der Waals surface area contributed by atoms with Crippen LogP contribution in [0.4, 0.5) is 11.5 Å². The van der Waals surface area contributed by atoms with Gasteiger partial charge in [-0.15, -0.1) is 11.3 Å². The summed E-state index contributed by atoms with van der Waals surface area (Å²) in [6.07, 6.45) is 3.49. The molecule has 0 saturated heterocycles. The number of H-pyrrole nitrogens is 1. The van der Waals surface area contributed by atoms with Gasteiger partial charge in [0.1, 0.15) is 11.6 Å². The Kier molecular flexibility index (Phi) is 3.94. The van der Waals surface area contributed by atoms with Crippen LogP contribution >= 0.6 is 11.3 Å². The number of aromatic amines is 1. The summed E-state index contributed by atoms with van der Waals surface area (Å²) in [6.45, 7) is 0.876. The normalized spacial score (nSPS) is 10.7. The second-order valence-electron chi connectivity index (χ2n) is 5.06. The zero-order chi connectivity index (χ0) is 15.5. The molecule has 3 aromatic heterocycles. The Hall–Kier alpha value is -2.59. The molecule has 0 saturated carbocycles. The van der Waals surface area contributed by atoms with Crippen LogP contribution in [0.15, 0.2) is 23.7 Å². The summed E-state index contributed by atoms with van der Waals surface area (Å²) in [5.41, 5.74) is 9.13. The summed E-state index contributed by atoms with van der Waals surface area (Å²) >= 11 is 1.70. The standard InChI is InChI=1S/C15H16N6S/c1-21(13-4-6-18-12-5-8-22-14(12)13)7-2-3-11-10(9-16)15(17)20-19-11/h4-6,8H,2-3,7H2,1H3,(H3,17,19,20). The van der Waals surface area contributed by atoms with E-state index in [1.165, 1.54) is 10.4 Å². The van der Waals surface area contributed by atoms with Gasteiger partial charge in [0.15, 0.2) is 5.82 Å². The number of nitrogen functional groups attached to an aromatic ring is 1. The predicted octanol–water partition coefficient (Wildman–Crippen LogP) is 2.54. The van der Waals surface area contributed by atoms with Crippen molar-refractivity contribution in [3.63, 3.8) is 0 Å². The summed E-state index contributed by atoms with van der Waals surface area (Å²) in [4.78, 5) is 6.57. The van der Waals surface area contributed by atoms with Gasteiger partial charge in [0, 0.05) is 19.8 Å². The molecule has 0 unspecified atom stereocenters. The Morgan fingerprint density at radius 2 is 2.32 bits per heavy atom. The van der Waals surface area contributed by atoms with Gasteiger partial charge in [-0.1, -0.05) is 0 Å². The lowest BCUT2D eigenvalue weighted by atomic mass is 10.1. The SMILES string of the molecule is CN(CCCc1[nH]nc(N)c1C#N)c1ccnc2ccsc12. The van der Waals surface area contributed by atoms with Gasteiger partial charge in [-0.2, -0.15) is 10.4 Å². The average Bonchev–Trinajstić information content (AvgIpc) is 3.13. The summed E-state index contributed by atoms with van der Waals surface area (Å²) in [5, 5.41) is 17.8. The van der Waals surface area contributed by atoms with Crippen LogP contribution in [-0.4, -0.2) is 28.8 Å². The highest BCUT2D eigenvalue weighted by atomic mass is 32.1. The van der Waals surface area contributed by atoms with E-state index in [4.69, 9.17) is 11.0 Å². The zero-order valence-electron chi connectivity index (χ0n) is 12.2. The van der Waals surface area contributed by atoms with E-state index >= 15 is 0 Å². The lowest BCUT2D eigenvalue weighted by Gasteiger charge is -2.19. The molecular formula is C15H16N6S. The van der Waals surface area contributed by atoms with Crippen LogP contribution in [0.3, 0.4) is 0 Å². The largest absolute Gasteiger partial charge is 0.381 e. The number of nitrogens with one attached hydrogen (secondary N) is 1. The molecule has 0 aromatic carbocycles. The van der Waals surface area contributed by atoms with Crippen molar-refractivity contribution in [3.05, 3.63) is 35.0 Å². The fourth-order valence-electron chi connectivity index (χ4n) is 2.47. The molecule has 0 spiro atoms. The van der Waals surface area contributed by atoms with Crippen LogP contribution in [-0.2, 0) is 6.42 Å². The van der Waals surface area contributed by atoms with Crippen LogP contribution in [0.2, 0.25) is 0 Å². The van der Waals surface area contributed by atoms with E-state index in [-0.39, 0.29) is 5.82 Å². The number of aryl methyl sites for hydroxylation is 1. The second kappa shape index (κ2) is 6.03. The first-order valence-corrected chi connectivity index (χ1v) is 7.85. The Bertz CT molecular complexity index is 828. The molecule has 6 nitrogen and oxygen atoms in total. The van der Waals surface area contributed by atoms with Gasteiger partial charge in [0.2, 0.25) is 0 Å². The molecule has 0 aliphatic heterocycles. The van der Waals surface area contributed by atoms with Gasteiger partial charge in [0.25, 0.3) is 0 Å². The van der Waals surface area contributed by atoms with Crippen molar-refractivity contribution in [2.75, 3.05) is 24.2 Å². The third-order valence-electron chi connectivity index (χ3n) is 3.64. The topological polar surface area (TPSA) is 94.6 Å². The van der Waals surface area contributed by atoms with E-state index in [0.29, 0.717) is 5.56 Å². The summed E-state index contributed by atoms with van der Waals surface area (Å²) in [5.74, 6) is 0.278. The molecule has 0 aliphatic carbocycles. The molecule has 112 valence electrons. The van der Waals surface area contributed by atoms with Crippen LogP contribution in [0.5, 0.6) is 0 Å². The minimum Gasteiger partial charge on any atom is -0.381 e. The number of anilines is 2. The lowest BCUT2D eigenvalue weighted by molar-refractivity contribution is 0.767. The van der Waals surface area contributed by atoms with Gasteiger partial charge in [-0.25, -0.2) is 0 Å². The van der Waals surface area contributed by atoms with E-state index in [1.807, 2.05) is 18.3 Å². The minimum absolute atomic E-state index is 0.278. The predicted molar refractivity (Wildman–Crippen MR) is 88.9 cm³/mol. The Labute approximate surface area is 132 Å². The molecule has 0 fully saturated rings. The molecular weight excluding hydrogens is 296 g/mol. The number of nitrogens with zero attached hydrogens (tertiary/aromatic N) is 4. The van der Waals surface area contributed by atoms with Crippen molar-refractivity contribution < 1.29 is 0 Å². The first-order chi connectivity index (χ1) is 10.7. The minimum atomic E-state index is 0.278. The first kappa shape index (κ1) is 14.4. The number of hydrogen-bond donors (Lipinski definition) is 2. The van der Waals surface area contributed by atoms with Crippen molar-refractivity contribution in [1.29, 1.82) is 5.26 Å². The van der Waals surface area contributed by atoms with Gasteiger partial charge >= 0.3 is 0 Å². The fourth-order valence-corrected chi connectivity index (χ4v) is 3.39. The number of hydrogen-bond acceptors (Lipinski definition) is 6. The van der Waals surface area contributed by atoms with Crippen molar-refractivity contribution in [2.45, 2.75) is 12.8 Å². The number of nitriles is 1. The van der Waals surface area contributed by atoms with Gasteiger partial charge < -0.3 is 10.6 Å². The molecule has 3 heterocycles. The molecule has 3 rings (SSSR count). The Balaban J connectivity index is 1.67. The Morgan fingerprint density at radius 3 is 3.14 bits per heavy atom. The maximum absolute atomic E-state index is 9.06. The third-order valence-corrected chi connectivity index (χ3v) is 4.56. The van der Waals surface area contributed by atoms with Gasteiger partial charge in [-0.05, 0) is 30.4 Å². The highest BCUT2D eigenvalue weighted by Crippen LogP contribution is 2.29. The maximum Gasteiger partial charge on any atom is 0.163 e. The highest BCUT2D eigenvalue weighted by Gasteiger charge is 2.11. The van der Waals surface area contributed by atoms with Crippen LogP contribution in [0.25, 0.3) is 10.2 Å². The lowest BCUT2D eigenvalue weighted by Crippen LogP contribution is -2.19. The monoisotopic (exact) mass is 312 g/mol. The number of nitrogens with two attached hydrogens (primary N) is 1. The third kappa shape index (κ3) is 2.61. The second-order valence-corrected chi connectivity index (χ2v) is 5.98. The molecule has 7 heteroatoms. The molecule has 0 aliphatic rings. The van der Waals surface area contributed by atoms with Crippen molar-refractivity contribution in [2.24, 2.45) is 0 Å². The number of pyridine rings is 1. The van der Waals surface area contributed by atoms with E-state index in [1.54, 1.807) is 11.3 Å². The average molecular weight is 312 g/mol. The van der Waals surface area contributed by atoms with Crippen LogP contribution in [0, 0.1) is 11.3 Å². The van der Waals surface area contributed by atoms with Crippen molar-refractivity contribution >= 4 is 33.1 Å². The quantitative estimate of drug-likeness (QED) is 0.755. The van der Waals surface area contributed by atoms with E-state index in [9.17, 15) is 0 Å². The van der Waals surface area contributed by atoms with Gasteiger partial charge in [-0.3, -0.25) is 10.1 Å². The van der Waals surface area contributed by atoms with E-state index in [0.717, 1.165) is 30.6 Å². The molecule has 0 radical (unpaired) electrons. The van der Waals surface area contributed by atoms with E-state index < -0.39 is 0 Å².